The number of fused-ring (bicyclic) bond motifs is 1. The predicted molar refractivity (Wildman–Crippen MR) is 73.0 cm³/mol. The summed E-state index contributed by atoms with van der Waals surface area (Å²) in [5.41, 5.74) is 2.82. The molecule has 3 rings (SSSR count). The lowest BCUT2D eigenvalue weighted by Gasteiger charge is -2.06. The summed E-state index contributed by atoms with van der Waals surface area (Å²) in [6, 6.07) is 8.81. The summed E-state index contributed by atoms with van der Waals surface area (Å²) in [4.78, 5) is 23.1. The van der Waals surface area contributed by atoms with E-state index in [1.165, 1.54) is 18.5 Å². The van der Waals surface area contributed by atoms with Gasteiger partial charge >= 0.3 is 0 Å². The third kappa shape index (κ3) is 2.08. The number of nitriles is 1. The van der Waals surface area contributed by atoms with Crippen molar-refractivity contribution in [1.29, 1.82) is 5.26 Å². The highest BCUT2D eigenvalue weighted by atomic mass is 16.1. The number of carbonyl (C=O) groups is 1. The van der Waals surface area contributed by atoms with Gasteiger partial charge in [0.25, 0.3) is 5.91 Å². The molecule has 1 aromatic carbocycles. The van der Waals surface area contributed by atoms with Crippen LogP contribution in [0.25, 0.3) is 11.0 Å². The number of nitrogens with zero attached hydrogens (tertiary/aromatic N) is 3. The number of nitrogens with one attached hydrogen (secondary N) is 2. The highest BCUT2D eigenvalue weighted by Crippen LogP contribution is 2.17. The highest BCUT2D eigenvalue weighted by molar-refractivity contribution is 6.06. The SMILES string of the molecule is N#Cc1ccncc1C(=O)Nc1ccc2nc[nH]c2c1. The number of aromatic nitrogens is 3. The van der Waals surface area contributed by atoms with Crippen molar-refractivity contribution < 1.29 is 4.79 Å². The molecule has 0 aliphatic heterocycles. The summed E-state index contributed by atoms with van der Waals surface area (Å²) in [7, 11) is 0. The number of benzene rings is 1. The van der Waals surface area contributed by atoms with Crippen molar-refractivity contribution in [2.75, 3.05) is 5.32 Å². The Morgan fingerprint density at radius 2 is 2.25 bits per heavy atom. The Morgan fingerprint density at radius 3 is 3.10 bits per heavy atom. The summed E-state index contributed by atoms with van der Waals surface area (Å²) in [5, 5.41) is 11.7. The van der Waals surface area contributed by atoms with Crippen LogP contribution in [0.4, 0.5) is 5.69 Å². The summed E-state index contributed by atoms with van der Waals surface area (Å²) in [5.74, 6) is -0.367. The molecule has 0 radical (unpaired) electrons. The molecule has 20 heavy (non-hydrogen) atoms. The number of amides is 1. The molecule has 6 heteroatoms. The summed E-state index contributed by atoms with van der Waals surface area (Å²) >= 11 is 0. The summed E-state index contributed by atoms with van der Waals surface area (Å²) in [6.45, 7) is 0. The van der Waals surface area contributed by atoms with Gasteiger partial charge in [-0.2, -0.15) is 5.26 Å². The first-order valence-corrected chi connectivity index (χ1v) is 5.86. The van der Waals surface area contributed by atoms with E-state index in [4.69, 9.17) is 5.26 Å². The average Bonchev–Trinajstić information content (AvgIpc) is 2.94. The van der Waals surface area contributed by atoms with E-state index in [0.717, 1.165) is 11.0 Å². The Hall–Kier alpha value is -3.20. The van der Waals surface area contributed by atoms with Gasteiger partial charge in [0.05, 0.1) is 28.5 Å². The lowest BCUT2D eigenvalue weighted by Crippen LogP contribution is -2.13. The molecule has 0 saturated heterocycles. The number of aromatic amines is 1. The van der Waals surface area contributed by atoms with E-state index in [2.05, 4.69) is 20.3 Å². The van der Waals surface area contributed by atoms with E-state index < -0.39 is 0 Å². The van der Waals surface area contributed by atoms with Crippen LogP contribution in [0, 0.1) is 11.3 Å². The standard InChI is InChI=1S/C14H9N5O/c15-6-9-3-4-16-7-11(9)14(20)19-10-1-2-12-13(5-10)18-8-17-12/h1-5,7-8H,(H,17,18)(H,19,20). The fourth-order valence-electron chi connectivity index (χ4n) is 1.88. The van der Waals surface area contributed by atoms with Crippen LogP contribution >= 0.6 is 0 Å². The van der Waals surface area contributed by atoms with E-state index in [9.17, 15) is 4.79 Å². The van der Waals surface area contributed by atoms with Gasteiger partial charge in [-0.15, -0.1) is 0 Å². The predicted octanol–water partition coefficient (Wildman–Crippen LogP) is 2.08. The number of hydrogen-bond acceptors (Lipinski definition) is 4. The molecule has 0 atom stereocenters. The van der Waals surface area contributed by atoms with Gasteiger partial charge in [0.15, 0.2) is 0 Å². The largest absolute Gasteiger partial charge is 0.345 e. The molecule has 6 nitrogen and oxygen atoms in total. The zero-order valence-electron chi connectivity index (χ0n) is 10.3. The van der Waals surface area contributed by atoms with Crippen molar-refractivity contribution in [2.45, 2.75) is 0 Å². The Labute approximate surface area is 114 Å². The van der Waals surface area contributed by atoms with E-state index in [-0.39, 0.29) is 11.5 Å². The molecule has 0 fully saturated rings. The number of H-pyrrole nitrogens is 1. The van der Waals surface area contributed by atoms with Crippen LogP contribution < -0.4 is 5.32 Å². The van der Waals surface area contributed by atoms with Crippen LogP contribution in [-0.2, 0) is 0 Å². The second kappa shape index (κ2) is 4.82. The normalized spacial score (nSPS) is 10.2. The number of imidazole rings is 1. The highest BCUT2D eigenvalue weighted by Gasteiger charge is 2.11. The molecule has 2 N–H and O–H groups in total. The van der Waals surface area contributed by atoms with Gasteiger partial charge in [0.1, 0.15) is 6.07 Å². The molecule has 0 aliphatic carbocycles. The van der Waals surface area contributed by atoms with Crippen molar-refractivity contribution in [3.63, 3.8) is 0 Å². The lowest BCUT2D eigenvalue weighted by atomic mass is 10.1. The minimum atomic E-state index is -0.367. The summed E-state index contributed by atoms with van der Waals surface area (Å²) < 4.78 is 0. The second-order valence-electron chi connectivity index (χ2n) is 4.12. The number of carbonyl (C=O) groups excluding carboxylic acids is 1. The van der Waals surface area contributed by atoms with Crippen molar-refractivity contribution in [2.24, 2.45) is 0 Å². The van der Waals surface area contributed by atoms with Gasteiger partial charge in [-0.25, -0.2) is 4.98 Å². The molecular formula is C14H9N5O. The maximum Gasteiger partial charge on any atom is 0.258 e. The van der Waals surface area contributed by atoms with Crippen LogP contribution in [0.15, 0.2) is 43.0 Å². The molecule has 0 saturated carbocycles. The Kier molecular flexibility index (Phi) is 2.86. The van der Waals surface area contributed by atoms with Crippen LogP contribution in [0.5, 0.6) is 0 Å². The molecule has 0 aliphatic rings. The zero-order valence-corrected chi connectivity index (χ0v) is 10.3. The first kappa shape index (κ1) is 11.9. The first-order valence-electron chi connectivity index (χ1n) is 5.86. The topological polar surface area (TPSA) is 94.5 Å². The van der Waals surface area contributed by atoms with E-state index in [1.54, 1.807) is 24.5 Å². The number of hydrogen-bond donors (Lipinski definition) is 2. The Balaban J connectivity index is 1.90. The molecule has 1 amide bonds. The molecule has 0 unspecified atom stereocenters. The fraction of sp³-hybridized carbons (Fsp3) is 0. The summed E-state index contributed by atoms with van der Waals surface area (Å²) in [6.07, 6.45) is 4.44. The van der Waals surface area contributed by atoms with E-state index in [1.807, 2.05) is 6.07 Å². The fourth-order valence-corrected chi connectivity index (χ4v) is 1.88. The average molecular weight is 263 g/mol. The van der Waals surface area contributed by atoms with Crippen molar-refractivity contribution in [3.05, 3.63) is 54.1 Å². The minimum Gasteiger partial charge on any atom is -0.345 e. The molecular weight excluding hydrogens is 254 g/mol. The van der Waals surface area contributed by atoms with Crippen LogP contribution in [0.1, 0.15) is 15.9 Å². The monoisotopic (exact) mass is 263 g/mol. The number of rotatable bonds is 2. The molecule has 0 bridgehead atoms. The van der Waals surface area contributed by atoms with Gasteiger partial charge < -0.3 is 10.3 Å². The van der Waals surface area contributed by atoms with Crippen molar-refractivity contribution in [3.8, 4) is 6.07 Å². The Morgan fingerprint density at radius 1 is 1.35 bits per heavy atom. The lowest BCUT2D eigenvalue weighted by molar-refractivity contribution is 0.102. The van der Waals surface area contributed by atoms with Crippen molar-refractivity contribution >= 4 is 22.6 Å². The third-order valence-corrected chi connectivity index (χ3v) is 2.86. The van der Waals surface area contributed by atoms with Gasteiger partial charge in [0, 0.05) is 18.1 Å². The van der Waals surface area contributed by atoms with Crippen LogP contribution in [0.2, 0.25) is 0 Å². The smallest absolute Gasteiger partial charge is 0.258 e. The van der Waals surface area contributed by atoms with Gasteiger partial charge in [-0.3, -0.25) is 9.78 Å². The number of pyridine rings is 1. The van der Waals surface area contributed by atoms with Gasteiger partial charge in [0.2, 0.25) is 0 Å². The molecule has 96 valence electrons. The molecule has 3 aromatic rings. The molecule has 2 aromatic heterocycles. The van der Waals surface area contributed by atoms with Crippen molar-refractivity contribution in [1.82, 2.24) is 15.0 Å². The zero-order chi connectivity index (χ0) is 13.9. The number of anilines is 1. The van der Waals surface area contributed by atoms with Gasteiger partial charge in [-0.05, 0) is 24.3 Å². The Bertz CT molecular complexity index is 831. The van der Waals surface area contributed by atoms with E-state index in [0.29, 0.717) is 11.3 Å². The first-order chi connectivity index (χ1) is 9.78. The maximum absolute atomic E-state index is 12.1. The quantitative estimate of drug-likeness (QED) is 0.740. The molecule has 0 spiro atoms. The maximum atomic E-state index is 12.1. The van der Waals surface area contributed by atoms with E-state index >= 15 is 0 Å². The third-order valence-electron chi connectivity index (χ3n) is 2.86. The second-order valence-corrected chi connectivity index (χ2v) is 4.12. The minimum absolute atomic E-state index is 0.250. The van der Waals surface area contributed by atoms with Crippen LogP contribution in [-0.4, -0.2) is 20.9 Å². The van der Waals surface area contributed by atoms with Gasteiger partial charge in [-0.1, -0.05) is 0 Å². The van der Waals surface area contributed by atoms with Crippen LogP contribution in [0.3, 0.4) is 0 Å². The molecule has 2 heterocycles.